The second kappa shape index (κ2) is 8.31. The van der Waals surface area contributed by atoms with E-state index in [0.717, 1.165) is 12.8 Å². The molecule has 2 N–H and O–H groups in total. The van der Waals surface area contributed by atoms with Crippen LogP contribution >= 0.6 is 0 Å². The van der Waals surface area contributed by atoms with Crippen molar-refractivity contribution in [1.82, 2.24) is 10.2 Å². The van der Waals surface area contributed by atoms with E-state index in [4.69, 9.17) is 9.47 Å². The van der Waals surface area contributed by atoms with Crippen molar-refractivity contribution in [1.29, 1.82) is 0 Å². The molecule has 3 atom stereocenters. The standard InChI is InChI=1S/C17H34N2O4/c1-7-8-17(6,21)12-18-13(2)14-11-22-10-9-19(14)15(20)23-16(3,4)5/h13-14,18,21H,7-12H2,1-6H3. The lowest BCUT2D eigenvalue weighted by molar-refractivity contribution is -0.0417. The minimum absolute atomic E-state index is 0.00569. The fourth-order valence-electron chi connectivity index (χ4n) is 2.73. The molecule has 23 heavy (non-hydrogen) atoms. The van der Waals surface area contributed by atoms with Crippen LogP contribution in [0, 0.1) is 0 Å². The summed E-state index contributed by atoms with van der Waals surface area (Å²) in [5, 5.41) is 13.6. The number of carbonyl (C=O) groups is 1. The van der Waals surface area contributed by atoms with Gasteiger partial charge < -0.3 is 19.9 Å². The second-order valence-corrected chi connectivity index (χ2v) is 7.73. The summed E-state index contributed by atoms with van der Waals surface area (Å²) >= 11 is 0. The fourth-order valence-corrected chi connectivity index (χ4v) is 2.73. The molecule has 3 unspecified atom stereocenters. The molecular formula is C17H34N2O4. The number of nitrogens with one attached hydrogen (secondary N) is 1. The number of morpholine rings is 1. The molecule has 0 spiro atoms. The van der Waals surface area contributed by atoms with Crippen LogP contribution in [0.3, 0.4) is 0 Å². The Balaban J connectivity index is 2.64. The third-order valence-electron chi connectivity index (χ3n) is 3.96. The second-order valence-electron chi connectivity index (χ2n) is 7.73. The Bertz CT molecular complexity index is 379. The van der Waals surface area contributed by atoms with Gasteiger partial charge in [0.2, 0.25) is 0 Å². The van der Waals surface area contributed by atoms with Gasteiger partial charge in [-0.05, 0) is 41.0 Å². The molecule has 0 aliphatic carbocycles. The Morgan fingerprint density at radius 3 is 2.65 bits per heavy atom. The first-order valence-electron chi connectivity index (χ1n) is 8.59. The summed E-state index contributed by atoms with van der Waals surface area (Å²) in [4.78, 5) is 14.1. The molecule has 0 aromatic rings. The van der Waals surface area contributed by atoms with Crippen molar-refractivity contribution < 1.29 is 19.4 Å². The van der Waals surface area contributed by atoms with Gasteiger partial charge in [-0.3, -0.25) is 4.90 Å². The van der Waals surface area contributed by atoms with Gasteiger partial charge in [0, 0.05) is 19.1 Å². The molecule has 6 heteroatoms. The van der Waals surface area contributed by atoms with E-state index in [1.807, 2.05) is 34.6 Å². The number of nitrogens with zero attached hydrogens (tertiary/aromatic N) is 1. The van der Waals surface area contributed by atoms with Crippen molar-refractivity contribution in [2.75, 3.05) is 26.3 Å². The number of hydrogen-bond acceptors (Lipinski definition) is 5. The van der Waals surface area contributed by atoms with Gasteiger partial charge in [-0.25, -0.2) is 4.79 Å². The molecule has 1 saturated heterocycles. The maximum atomic E-state index is 12.4. The third-order valence-corrected chi connectivity index (χ3v) is 3.96. The van der Waals surface area contributed by atoms with E-state index in [2.05, 4.69) is 12.2 Å². The van der Waals surface area contributed by atoms with E-state index in [1.54, 1.807) is 4.90 Å². The molecular weight excluding hydrogens is 296 g/mol. The maximum Gasteiger partial charge on any atom is 0.410 e. The number of rotatable bonds is 6. The van der Waals surface area contributed by atoms with E-state index in [-0.39, 0.29) is 18.2 Å². The van der Waals surface area contributed by atoms with Crippen molar-refractivity contribution in [2.24, 2.45) is 0 Å². The van der Waals surface area contributed by atoms with Crippen LogP contribution in [-0.4, -0.2) is 65.7 Å². The molecule has 1 aliphatic heterocycles. The fraction of sp³-hybridized carbons (Fsp3) is 0.941. The van der Waals surface area contributed by atoms with Gasteiger partial charge in [0.05, 0.1) is 24.9 Å². The van der Waals surface area contributed by atoms with Crippen molar-refractivity contribution >= 4 is 6.09 Å². The maximum absolute atomic E-state index is 12.4. The first-order chi connectivity index (χ1) is 10.6. The van der Waals surface area contributed by atoms with Gasteiger partial charge in [-0.2, -0.15) is 0 Å². The highest BCUT2D eigenvalue weighted by molar-refractivity contribution is 5.68. The van der Waals surface area contributed by atoms with Gasteiger partial charge in [0.15, 0.2) is 0 Å². The Labute approximate surface area is 140 Å². The third kappa shape index (κ3) is 7.06. The summed E-state index contributed by atoms with van der Waals surface area (Å²) in [7, 11) is 0. The van der Waals surface area contributed by atoms with Crippen molar-refractivity contribution in [3.8, 4) is 0 Å². The van der Waals surface area contributed by atoms with Crippen molar-refractivity contribution in [3.63, 3.8) is 0 Å². The van der Waals surface area contributed by atoms with E-state index in [0.29, 0.717) is 26.3 Å². The molecule has 1 aliphatic rings. The predicted molar refractivity (Wildman–Crippen MR) is 90.5 cm³/mol. The quantitative estimate of drug-likeness (QED) is 0.781. The molecule has 1 fully saturated rings. The average molecular weight is 330 g/mol. The van der Waals surface area contributed by atoms with Gasteiger partial charge in [-0.1, -0.05) is 13.3 Å². The molecule has 1 rings (SSSR count). The van der Waals surface area contributed by atoms with Crippen molar-refractivity contribution in [3.05, 3.63) is 0 Å². The molecule has 136 valence electrons. The summed E-state index contributed by atoms with van der Waals surface area (Å²) in [6.45, 7) is 13.5. The zero-order valence-corrected chi connectivity index (χ0v) is 15.5. The van der Waals surface area contributed by atoms with E-state index in [1.165, 1.54) is 0 Å². The Morgan fingerprint density at radius 2 is 2.09 bits per heavy atom. The Kier molecular flexibility index (Phi) is 7.29. The predicted octanol–water partition coefficient (Wildman–Crippen LogP) is 2.15. The highest BCUT2D eigenvalue weighted by atomic mass is 16.6. The zero-order chi connectivity index (χ0) is 17.7. The van der Waals surface area contributed by atoms with Gasteiger partial charge in [0.1, 0.15) is 5.60 Å². The first kappa shape index (κ1) is 20.2. The lowest BCUT2D eigenvalue weighted by Gasteiger charge is -2.40. The minimum atomic E-state index is -0.741. The number of aliphatic hydroxyl groups is 1. The number of hydrogen-bond donors (Lipinski definition) is 2. The van der Waals surface area contributed by atoms with Gasteiger partial charge in [-0.15, -0.1) is 0 Å². The molecule has 0 bridgehead atoms. The zero-order valence-electron chi connectivity index (χ0n) is 15.5. The number of amides is 1. The summed E-state index contributed by atoms with van der Waals surface area (Å²) in [6, 6.07) is -0.0952. The normalized spacial score (nSPS) is 23.3. The Morgan fingerprint density at radius 1 is 1.43 bits per heavy atom. The SMILES string of the molecule is CCCC(C)(O)CNC(C)C1COCCN1C(=O)OC(C)(C)C. The smallest absolute Gasteiger partial charge is 0.410 e. The van der Waals surface area contributed by atoms with Crippen LogP contribution in [0.1, 0.15) is 54.4 Å². The average Bonchev–Trinajstić information content (AvgIpc) is 2.43. The van der Waals surface area contributed by atoms with Crippen LogP contribution in [0.15, 0.2) is 0 Å². The summed E-state index contributed by atoms with van der Waals surface area (Å²) in [5.74, 6) is 0. The number of ether oxygens (including phenoxy) is 2. The van der Waals surface area contributed by atoms with Crippen LogP contribution in [0.5, 0.6) is 0 Å². The summed E-state index contributed by atoms with van der Waals surface area (Å²) in [6.07, 6.45) is 1.36. The van der Waals surface area contributed by atoms with Gasteiger partial charge in [0.25, 0.3) is 0 Å². The van der Waals surface area contributed by atoms with E-state index >= 15 is 0 Å². The Hall–Kier alpha value is -0.850. The molecule has 0 saturated carbocycles. The summed E-state index contributed by atoms with van der Waals surface area (Å²) < 4.78 is 11.0. The summed E-state index contributed by atoms with van der Waals surface area (Å²) in [5.41, 5.74) is -1.25. The van der Waals surface area contributed by atoms with Crippen LogP contribution in [0.4, 0.5) is 4.79 Å². The minimum Gasteiger partial charge on any atom is -0.444 e. The van der Waals surface area contributed by atoms with Crippen LogP contribution in [-0.2, 0) is 9.47 Å². The molecule has 1 heterocycles. The number of carbonyl (C=O) groups excluding carboxylic acids is 1. The molecule has 0 radical (unpaired) electrons. The van der Waals surface area contributed by atoms with E-state index in [9.17, 15) is 9.90 Å². The van der Waals surface area contributed by atoms with Crippen molar-refractivity contribution in [2.45, 2.75) is 77.7 Å². The van der Waals surface area contributed by atoms with E-state index < -0.39 is 11.2 Å². The molecule has 0 aromatic heterocycles. The molecule has 6 nitrogen and oxygen atoms in total. The lowest BCUT2D eigenvalue weighted by atomic mass is 9.99. The lowest BCUT2D eigenvalue weighted by Crippen LogP contribution is -2.59. The van der Waals surface area contributed by atoms with Crippen LogP contribution in [0.25, 0.3) is 0 Å². The first-order valence-corrected chi connectivity index (χ1v) is 8.59. The van der Waals surface area contributed by atoms with Crippen LogP contribution in [0.2, 0.25) is 0 Å². The largest absolute Gasteiger partial charge is 0.444 e. The molecule has 0 aromatic carbocycles. The van der Waals surface area contributed by atoms with Gasteiger partial charge >= 0.3 is 6.09 Å². The monoisotopic (exact) mass is 330 g/mol. The highest BCUT2D eigenvalue weighted by Gasteiger charge is 2.34. The van der Waals surface area contributed by atoms with Crippen LogP contribution < -0.4 is 5.32 Å². The topological polar surface area (TPSA) is 71.0 Å². The molecule has 1 amide bonds. The highest BCUT2D eigenvalue weighted by Crippen LogP contribution is 2.17.